The number of hydrogen-bond acceptors (Lipinski definition) is 3. The molecule has 0 N–H and O–H groups in total. The highest BCUT2D eigenvalue weighted by Crippen LogP contribution is 2.26. The second-order valence-electron chi connectivity index (χ2n) is 5.71. The van der Waals surface area contributed by atoms with Gasteiger partial charge in [0.2, 0.25) is 5.91 Å². The standard InChI is InChI=1S/C18H18Cl2N2OS/c19-16-3-1-2-15(18(16)20)4-5-17(23)22-9-7-21(8-10-22)12-14-6-11-24-13-14/h1-6,11,13H,7-10,12H2/b5-4+. The maximum absolute atomic E-state index is 12.3. The molecule has 1 aliphatic rings. The Hall–Kier alpha value is -1.33. The van der Waals surface area contributed by atoms with E-state index in [2.05, 4.69) is 21.7 Å². The van der Waals surface area contributed by atoms with Crippen LogP contribution in [0.2, 0.25) is 10.0 Å². The van der Waals surface area contributed by atoms with E-state index in [0.717, 1.165) is 38.3 Å². The van der Waals surface area contributed by atoms with E-state index in [-0.39, 0.29) is 5.91 Å². The molecule has 24 heavy (non-hydrogen) atoms. The van der Waals surface area contributed by atoms with Gasteiger partial charge in [-0.25, -0.2) is 0 Å². The van der Waals surface area contributed by atoms with Crippen LogP contribution in [0.5, 0.6) is 0 Å². The summed E-state index contributed by atoms with van der Waals surface area (Å²) in [6.45, 7) is 4.24. The molecule has 1 aliphatic heterocycles. The van der Waals surface area contributed by atoms with E-state index in [4.69, 9.17) is 23.2 Å². The molecule has 0 radical (unpaired) electrons. The highest BCUT2D eigenvalue weighted by molar-refractivity contribution is 7.07. The summed E-state index contributed by atoms with van der Waals surface area (Å²) in [6.07, 6.45) is 3.31. The Balaban J connectivity index is 1.53. The van der Waals surface area contributed by atoms with Crippen LogP contribution in [-0.4, -0.2) is 41.9 Å². The highest BCUT2D eigenvalue weighted by Gasteiger charge is 2.19. The largest absolute Gasteiger partial charge is 0.337 e. The Kier molecular flexibility index (Phi) is 5.95. The van der Waals surface area contributed by atoms with Crippen LogP contribution in [-0.2, 0) is 11.3 Å². The summed E-state index contributed by atoms with van der Waals surface area (Å²) in [5, 5.41) is 5.24. The zero-order chi connectivity index (χ0) is 16.9. The number of benzene rings is 1. The predicted octanol–water partition coefficient (Wildman–Crippen LogP) is 4.41. The summed E-state index contributed by atoms with van der Waals surface area (Å²) in [5.41, 5.74) is 2.10. The van der Waals surface area contributed by atoms with Crippen molar-refractivity contribution in [2.45, 2.75) is 6.54 Å². The first-order valence-electron chi connectivity index (χ1n) is 7.78. The molecule has 2 aromatic rings. The van der Waals surface area contributed by atoms with Crippen molar-refractivity contribution in [2.75, 3.05) is 26.2 Å². The molecule has 0 unspecified atom stereocenters. The Morgan fingerprint density at radius 1 is 1.17 bits per heavy atom. The fourth-order valence-electron chi connectivity index (χ4n) is 2.68. The number of piperazine rings is 1. The number of rotatable bonds is 4. The number of carbonyl (C=O) groups excluding carboxylic acids is 1. The van der Waals surface area contributed by atoms with E-state index in [9.17, 15) is 4.79 Å². The number of nitrogens with zero attached hydrogens (tertiary/aromatic N) is 2. The third-order valence-electron chi connectivity index (χ3n) is 4.06. The topological polar surface area (TPSA) is 23.6 Å². The fraction of sp³-hybridized carbons (Fsp3) is 0.278. The molecule has 3 nitrogen and oxygen atoms in total. The smallest absolute Gasteiger partial charge is 0.246 e. The SMILES string of the molecule is O=C(/C=C/c1cccc(Cl)c1Cl)N1CCN(Cc2ccsc2)CC1. The summed E-state index contributed by atoms with van der Waals surface area (Å²) in [5.74, 6) is 0.0150. The van der Waals surface area contributed by atoms with Crippen LogP contribution in [0.1, 0.15) is 11.1 Å². The van der Waals surface area contributed by atoms with E-state index < -0.39 is 0 Å². The molecule has 0 spiro atoms. The predicted molar refractivity (Wildman–Crippen MR) is 102 cm³/mol. The number of hydrogen-bond donors (Lipinski definition) is 0. The van der Waals surface area contributed by atoms with E-state index >= 15 is 0 Å². The van der Waals surface area contributed by atoms with Crippen molar-refractivity contribution in [1.82, 2.24) is 9.80 Å². The van der Waals surface area contributed by atoms with Crippen molar-refractivity contribution >= 4 is 46.5 Å². The summed E-state index contributed by atoms with van der Waals surface area (Å²) in [4.78, 5) is 16.6. The summed E-state index contributed by atoms with van der Waals surface area (Å²) in [6, 6.07) is 7.55. The van der Waals surface area contributed by atoms with Gasteiger partial charge in [-0.1, -0.05) is 35.3 Å². The van der Waals surface area contributed by atoms with E-state index in [1.165, 1.54) is 5.56 Å². The van der Waals surface area contributed by atoms with Crippen molar-refractivity contribution in [1.29, 1.82) is 0 Å². The molecule has 1 amide bonds. The van der Waals surface area contributed by atoms with Gasteiger partial charge in [0.15, 0.2) is 0 Å². The number of amides is 1. The average Bonchev–Trinajstić information content (AvgIpc) is 3.09. The molecule has 2 heterocycles. The fourth-order valence-corrected chi connectivity index (χ4v) is 3.71. The van der Waals surface area contributed by atoms with E-state index in [0.29, 0.717) is 10.0 Å². The van der Waals surface area contributed by atoms with Crippen LogP contribution in [0, 0.1) is 0 Å². The van der Waals surface area contributed by atoms with Gasteiger partial charge in [0, 0.05) is 38.8 Å². The van der Waals surface area contributed by atoms with Crippen LogP contribution in [0.3, 0.4) is 0 Å². The first-order chi connectivity index (χ1) is 11.6. The lowest BCUT2D eigenvalue weighted by atomic mass is 10.2. The number of halogens is 2. The lowest BCUT2D eigenvalue weighted by Crippen LogP contribution is -2.47. The zero-order valence-corrected chi connectivity index (χ0v) is 15.4. The van der Waals surface area contributed by atoms with Gasteiger partial charge in [-0.15, -0.1) is 0 Å². The lowest BCUT2D eigenvalue weighted by molar-refractivity contribution is -0.127. The highest BCUT2D eigenvalue weighted by atomic mass is 35.5. The van der Waals surface area contributed by atoms with Gasteiger partial charge in [-0.2, -0.15) is 11.3 Å². The molecule has 0 aliphatic carbocycles. The molecule has 6 heteroatoms. The second kappa shape index (κ2) is 8.17. The minimum Gasteiger partial charge on any atom is -0.337 e. The third kappa shape index (κ3) is 4.39. The van der Waals surface area contributed by atoms with Gasteiger partial charge in [0.1, 0.15) is 0 Å². The number of carbonyl (C=O) groups is 1. The van der Waals surface area contributed by atoms with Crippen molar-refractivity contribution in [3.8, 4) is 0 Å². The minimum absolute atomic E-state index is 0.0150. The van der Waals surface area contributed by atoms with Crippen molar-refractivity contribution in [2.24, 2.45) is 0 Å². The van der Waals surface area contributed by atoms with Crippen molar-refractivity contribution in [3.63, 3.8) is 0 Å². The second-order valence-corrected chi connectivity index (χ2v) is 7.27. The molecule has 0 saturated carbocycles. The van der Waals surface area contributed by atoms with Gasteiger partial charge in [-0.3, -0.25) is 9.69 Å². The first-order valence-corrected chi connectivity index (χ1v) is 9.48. The van der Waals surface area contributed by atoms with Crippen LogP contribution >= 0.6 is 34.5 Å². The van der Waals surface area contributed by atoms with Crippen molar-refractivity contribution in [3.05, 3.63) is 62.3 Å². The lowest BCUT2D eigenvalue weighted by Gasteiger charge is -2.34. The van der Waals surface area contributed by atoms with Crippen LogP contribution in [0.15, 0.2) is 41.1 Å². The van der Waals surface area contributed by atoms with Gasteiger partial charge < -0.3 is 4.90 Å². The Labute approximate surface area is 156 Å². The van der Waals surface area contributed by atoms with E-state index in [1.54, 1.807) is 29.6 Å². The summed E-state index contributed by atoms with van der Waals surface area (Å²) < 4.78 is 0. The first kappa shape index (κ1) is 17.5. The molecule has 126 valence electrons. The summed E-state index contributed by atoms with van der Waals surface area (Å²) in [7, 11) is 0. The average molecular weight is 381 g/mol. The van der Waals surface area contributed by atoms with Gasteiger partial charge in [0.05, 0.1) is 10.0 Å². The normalized spacial score (nSPS) is 16.0. The molecular weight excluding hydrogens is 363 g/mol. The number of thiophene rings is 1. The Morgan fingerprint density at radius 3 is 2.67 bits per heavy atom. The summed E-state index contributed by atoms with van der Waals surface area (Å²) >= 11 is 13.8. The molecule has 1 aromatic carbocycles. The van der Waals surface area contributed by atoms with Crippen LogP contribution in [0.25, 0.3) is 6.08 Å². The van der Waals surface area contributed by atoms with E-state index in [1.807, 2.05) is 17.0 Å². The quantitative estimate of drug-likeness (QED) is 0.733. The van der Waals surface area contributed by atoms with Gasteiger partial charge >= 0.3 is 0 Å². The molecule has 1 saturated heterocycles. The Morgan fingerprint density at radius 2 is 1.96 bits per heavy atom. The molecular formula is C18H18Cl2N2OS. The minimum atomic E-state index is 0.0150. The zero-order valence-electron chi connectivity index (χ0n) is 13.1. The molecule has 3 rings (SSSR count). The third-order valence-corrected chi connectivity index (χ3v) is 5.62. The van der Waals surface area contributed by atoms with Crippen molar-refractivity contribution < 1.29 is 4.79 Å². The maximum atomic E-state index is 12.3. The van der Waals surface area contributed by atoms with Crippen LogP contribution < -0.4 is 0 Å². The Bertz CT molecular complexity index is 723. The monoisotopic (exact) mass is 380 g/mol. The molecule has 1 aromatic heterocycles. The van der Waals surface area contributed by atoms with Crippen LogP contribution in [0.4, 0.5) is 0 Å². The molecule has 0 atom stereocenters. The molecule has 0 bridgehead atoms. The maximum Gasteiger partial charge on any atom is 0.246 e. The van der Waals surface area contributed by atoms with Gasteiger partial charge in [0.25, 0.3) is 0 Å². The van der Waals surface area contributed by atoms with Gasteiger partial charge in [-0.05, 0) is 40.1 Å². The molecule has 1 fully saturated rings.